The average Bonchev–Trinajstić information content (AvgIpc) is 2.49. The molecule has 0 aliphatic carbocycles. The highest BCUT2D eigenvalue weighted by atomic mass is 35.5. The first-order valence-electron chi connectivity index (χ1n) is 7.57. The molecule has 0 aromatic heterocycles. The number of rotatable bonds is 5. The van der Waals surface area contributed by atoms with Gasteiger partial charge in [-0.15, -0.1) is 0 Å². The molecule has 1 aromatic rings. The van der Waals surface area contributed by atoms with Gasteiger partial charge in [0.2, 0.25) is 5.91 Å². The van der Waals surface area contributed by atoms with Crippen molar-refractivity contribution in [3.05, 3.63) is 23.2 Å². The van der Waals surface area contributed by atoms with Gasteiger partial charge in [0, 0.05) is 18.9 Å². The Labute approximate surface area is 136 Å². The third-order valence-electron chi connectivity index (χ3n) is 3.64. The SMILES string of the molecule is CC(C)Oc1ccc(NC(=O)C(N)C2CCOCC2)cc1Cl. The van der Waals surface area contributed by atoms with Crippen LogP contribution in [0.15, 0.2) is 18.2 Å². The number of benzene rings is 1. The molecule has 1 amide bonds. The average molecular weight is 327 g/mol. The van der Waals surface area contributed by atoms with Gasteiger partial charge >= 0.3 is 0 Å². The number of carbonyl (C=O) groups excluding carboxylic acids is 1. The number of carbonyl (C=O) groups is 1. The summed E-state index contributed by atoms with van der Waals surface area (Å²) in [6.07, 6.45) is 1.67. The fraction of sp³-hybridized carbons (Fsp3) is 0.562. The maximum atomic E-state index is 12.2. The Morgan fingerprint density at radius 2 is 2.09 bits per heavy atom. The molecule has 0 spiro atoms. The normalized spacial score (nSPS) is 17.3. The lowest BCUT2D eigenvalue weighted by Crippen LogP contribution is -2.44. The maximum Gasteiger partial charge on any atom is 0.241 e. The smallest absolute Gasteiger partial charge is 0.241 e. The van der Waals surface area contributed by atoms with Crippen LogP contribution in [-0.2, 0) is 9.53 Å². The minimum absolute atomic E-state index is 0.0416. The van der Waals surface area contributed by atoms with Crippen LogP contribution < -0.4 is 15.8 Å². The van der Waals surface area contributed by atoms with Crippen molar-refractivity contribution in [1.82, 2.24) is 0 Å². The molecule has 1 saturated heterocycles. The van der Waals surface area contributed by atoms with Crippen molar-refractivity contribution in [1.29, 1.82) is 0 Å². The zero-order chi connectivity index (χ0) is 16.1. The van der Waals surface area contributed by atoms with Crippen LogP contribution >= 0.6 is 11.6 Å². The van der Waals surface area contributed by atoms with Crippen molar-refractivity contribution in [2.45, 2.75) is 38.8 Å². The lowest BCUT2D eigenvalue weighted by Gasteiger charge is -2.26. The van der Waals surface area contributed by atoms with Crippen LogP contribution in [0, 0.1) is 5.92 Å². The Morgan fingerprint density at radius 1 is 1.41 bits per heavy atom. The Bertz CT molecular complexity index is 516. The number of amides is 1. The Kier molecular flexibility index (Phi) is 6.06. The maximum absolute atomic E-state index is 12.2. The molecule has 1 fully saturated rings. The summed E-state index contributed by atoms with van der Waals surface area (Å²) in [5.41, 5.74) is 6.67. The first-order valence-corrected chi connectivity index (χ1v) is 7.95. The van der Waals surface area contributed by atoms with Gasteiger partial charge in [-0.2, -0.15) is 0 Å². The summed E-state index contributed by atoms with van der Waals surface area (Å²) in [5.74, 6) is 0.566. The monoisotopic (exact) mass is 326 g/mol. The molecule has 1 heterocycles. The summed E-state index contributed by atoms with van der Waals surface area (Å²) in [5, 5.41) is 3.28. The van der Waals surface area contributed by atoms with E-state index in [1.807, 2.05) is 13.8 Å². The number of hydrogen-bond acceptors (Lipinski definition) is 4. The van der Waals surface area contributed by atoms with Crippen molar-refractivity contribution >= 4 is 23.2 Å². The minimum atomic E-state index is -0.533. The first-order chi connectivity index (χ1) is 10.5. The lowest BCUT2D eigenvalue weighted by atomic mass is 9.92. The first kappa shape index (κ1) is 17.1. The van der Waals surface area contributed by atoms with E-state index in [-0.39, 0.29) is 17.9 Å². The Hall–Kier alpha value is -1.30. The van der Waals surface area contributed by atoms with Crippen molar-refractivity contribution in [2.75, 3.05) is 18.5 Å². The summed E-state index contributed by atoms with van der Waals surface area (Å²) in [7, 11) is 0. The van der Waals surface area contributed by atoms with E-state index < -0.39 is 6.04 Å². The predicted octanol–water partition coefficient (Wildman–Crippen LogP) is 2.82. The second-order valence-corrected chi connectivity index (χ2v) is 6.18. The summed E-state index contributed by atoms with van der Waals surface area (Å²) in [4.78, 5) is 12.2. The highest BCUT2D eigenvalue weighted by molar-refractivity contribution is 6.32. The molecule has 1 atom stereocenters. The molecular formula is C16H23ClN2O3. The molecule has 0 radical (unpaired) electrons. The summed E-state index contributed by atoms with van der Waals surface area (Å²) < 4.78 is 10.9. The minimum Gasteiger partial charge on any atom is -0.489 e. The van der Waals surface area contributed by atoms with Gasteiger partial charge in [-0.05, 0) is 50.8 Å². The van der Waals surface area contributed by atoms with Crippen LogP contribution in [0.4, 0.5) is 5.69 Å². The van der Waals surface area contributed by atoms with Gasteiger partial charge in [0.1, 0.15) is 5.75 Å². The van der Waals surface area contributed by atoms with Crippen molar-refractivity contribution in [3.8, 4) is 5.75 Å². The van der Waals surface area contributed by atoms with E-state index in [0.717, 1.165) is 12.8 Å². The molecule has 6 heteroatoms. The second kappa shape index (κ2) is 7.81. The lowest BCUT2D eigenvalue weighted by molar-refractivity contribution is -0.119. The van der Waals surface area contributed by atoms with E-state index in [0.29, 0.717) is 29.7 Å². The third-order valence-corrected chi connectivity index (χ3v) is 3.93. The van der Waals surface area contributed by atoms with Gasteiger partial charge in [-0.1, -0.05) is 11.6 Å². The largest absolute Gasteiger partial charge is 0.489 e. The van der Waals surface area contributed by atoms with Crippen molar-refractivity contribution in [2.24, 2.45) is 11.7 Å². The fourth-order valence-electron chi connectivity index (χ4n) is 2.44. The molecule has 5 nitrogen and oxygen atoms in total. The van der Waals surface area contributed by atoms with Crippen molar-refractivity contribution < 1.29 is 14.3 Å². The molecule has 0 bridgehead atoms. The molecule has 1 unspecified atom stereocenters. The van der Waals surface area contributed by atoms with Gasteiger partial charge in [-0.3, -0.25) is 4.79 Å². The number of ether oxygens (including phenoxy) is 2. The van der Waals surface area contributed by atoms with Gasteiger partial charge in [0.15, 0.2) is 0 Å². The van der Waals surface area contributed by atoms with E-state index in [4.69, 9.17) is 26.8 Å². The van der Waals surface area contributed by atoms with Crippen LogP contribution in [0.3, 0.4) is 0 Å². The van der Waals surface area contributed by atoms with Crippen LogP contribution in [-0.4, -0.2) is 31.3 Å². The standard InChI is InChI=1S/C16H23ClN2O3/c1-10(2)22-14-4-3-12(9-13(14)17)19-16(20)15(18)11-5-7-21-8-6-11/h3-4,9-11,15H,5-8,18H2,1-2H3,(H,19,20). The van der Waals surface area contributed by atoms with E-state index >= 15 is 0 Å². The molecule has 22 heavy (non-hydrogen) atoms. The molecule has 2 rings (SSSR count). The van der Waals surface area contributed by atoms with Crippen LogP contribution in [0.2, 0.25) is 5.02 Å². The number of hydrogen-bond donors (Lipinski definition) is 2. The number of halogens is 1. The molecular weight excluding hydrogens is 304 g/mol. The highest BCUT2D eigenvalue weighted by Gasteiger charge is 2.26. The highest BCUT2D eigenvalue weighted by Crippen LogP contribution is 2.29. The van der Waals surface area contributed by atoms with E-state index in [1.54, 1.807) is 18.2 Å². The zero-order valence-corrected chi connectivity index (χ0v) is 13.7. The Balaban J connectivity index is 1.97. The number of anilines is 1. The van der Waals surface area contributed by atoms with Gasteiger partial charge < -0.3 is 20.5 Å². The fourth-order valence-corrected chi connectivity index (χ4v) is 2.67. The molecule has 1 aliphatic heterocycles. The Morgan fingerprint density at radius 3 is 2.68 bits per heavy atom. The van der Waals surface area contributed by atoms with E-state index in [9.17, 15) is 4.79 Å². The number of nitrogens with one attached hydrogen (secondary N) is 1. The van der Waals surface area contributed by atoms with Crippen LogP contribution in [0.1, 0.15) is 26.7 Å². The summed E-state index contributed by atoms with van der Waals surface area (Å²) >= 11 is 6.16. The van der Waals surface area contributed by atoms with Crippen LogP contribution in [0.25, 0.3) is 0 Å². The third kappa shape index (κ3) is 4.60. The topological polar surface area (TPSA) is 73.6 Å². The number of nitrogens with two attached hydrogens (primary N) is 1. The van der Waals surface area contributed by atoms with E-state index in [1.165, 1.54) is 0 Å². The van der Waals surface area contributed by atoms with Gasteiger partial charge in [0.25, 0.3) is 0 Å². The van der Waals surface area contributed by atoms with E-state index in [2.05, 4.69) is 5.32 Å². The zero-order valence-electron chi connectivity index (χ0n) is 13.0. The molecule has 122 valence electrons. The molecule has 0 saturated carbocycles. The van der Waals surface area contributed by atoms with Gasteiger partial charge in [0.05, 0.1) is 17.2 Å². The quantitative estimate of drug-likeness (QED) is 0.872. The predicted molar refractivity (Wildman–Crippen MR) is 87.4 cm³/mol. The molecule has 1 aliphatic rings. The van der Waals surface area contributed by atoms with Gasteiger partial charge in [-0.25, -0.2) is 0 Å². The summed E-state index contributed by atoms with van der Waals surface area (Å²) in [6.45, 7) is 5.19. The van der Waals surface area contributed by atoms with Crippen LogP contribution in [0.5, 0.6) is 5.75 Å². The summed E-state index contributed by atoms with van der Waals surface area (Å²) in [6, 6.07) is 4.65. The molecule has 3 N–H and O–H groups in total. The molecule has 1 aromatic carbocycles. The second-order valence-electron chi connectivity index (χ2n) is 5.78. The van der Waals surface area contributed by atoms with Crippen molar-refractivity contribution in [3.63, 3.8) is 0 Å².